The van der Waals surface area contributed by atoms with E-state index in [4.69, 9.17) is 33.2 Å². The number of aryl methyl sites for hydroxylation is 1. The van der Waals surface area contributed by atoms with Crippen molar-refractivity contribution >= 4 is 34.8 Å². The summed E-state index contributed by atoms with van der Waals surface area (Å²) in [7, 11) is 0. The molecule has 0 atom stereocenters. The second-order valence-electron chi connectivity index (χ2n) is 4.50. The van der Waals surface area contributed by atoms with Gasteiger partial charge in [0.2, 0.25) is 0 Å². The number of anilines is 1. The minimum absolute atomic E-state index is 0.251. The molecule has 0 unspecified atom stereocenters. The number of nitrogens with one attached hydrogen (secondary N) is 1. The number of halogens is 2. The van der Waals surface area contributed by atoms with Gasteiger partial charge in [0.05, 0.1) is 21.3 Å². The number of benzene rings is 2. The van der Waals surface area contributed by atoms with Gasteiger partial charge in [-0.25, -0.2) is 0 Å². The van der Waals surface area contributed by atoms with Gasteiger partial charge < -0.3 is 10.1 Å². The fourth-order valence-corrected chi connectivity index (χ4v) is 2.24. The first kappa shape index (κ1) is 16.2. The highest BCUT2D eigenvalue weighted by Crippen LogP contribution is 2.32. The first-order chi connectivity index (χ1) is 10.5. The molecule has 0 spiro atoms. The molecule has 112 valence electrons. The lowest BCUT2D eigenvalue weighted by Crippen LogP contribution is -2.21. The molecule has 0 heterocycles. The number of nitrogens with zero attached hydrogens (tertiary/aromatic N) is 1. The number of carbonyl (C=O) groups is 1. The van der Waals surface area contributed by atoms with Crippen LogP contribution in [0, 0.1) is 18.3 Å². The smallest absolute Gasteiger partial charge is 0.262 e. The second-order valence-corrected chi connectivity index (χ2v) is 5.28. The average Bonchev–Trinajstić information content (AvgIpc) is 2.53. The molecule has 0 saturated heterocycles. The van der Waals surface area contributed by atoms with E-state index in [1.54, 1.807) is 36.4 Å². The number of carbonyl (C=O) groups excluding carboxylic acids is 1. The molecule has 6 heteroatoms. The van der Waals surface area contributed by atoms with Gasteiger partial charge >= 0.3 is 0 Å². The van der Waals surface area contributed by atoms with Crippen LogP contribution in [0.15, 0.2) is 36.4 Å². The monoisotopic (exact) mass is 334 g/mol. The van der Waals surface area contributed by atoms with Crippen molar-refractivity contribution in [3.63, 3.8) is 0 Å². The van der Waals surface area contributed by atoms with Gasteiger partial charge in [-0.3, -0.25) is 4.79 Å². The van der Waals surface area contributed by atoms with Gasteiger partial charge in [-0.2, -0.15) is 5.26 Å². The Bertz CT molecular complexity index is 754. The van der Waals surface area contributed by atoms with Gasteiger partial charge in [-0.05, 0) is 30.7 Å². The topological polar surface area (TPSA) is 62.1 Å². The maximum Gasteiger partial charge on any atom is 0.262 e. The Hall–Kier alpha value is -2.22. The summed E-state index contributed by atoms with van der Waals surface area (Å²) in [6, 6.07) is 12.1. The van der Waals surface area contributed by atoms with Crippen molar-refractivity contribution in [1.82, 2.24) is 0 Å². The fraction of sp³-hybridized carbons (Fsp3) is 0.125. The minimum Gasteiger partial charge on any atom is -0.482 e. The van der Waals surface area contributed by atoms with Crippen LogP contribution < -0.4 is 10.1 Å². The molecule has 1 amide bonds. The van der Waals surface area contributed by atoms with Crippen molar-refractivity contribution < 1.29 is 9.53 Å². The first-order valence-corrected chi connectivity index (χ1v) is 7.15. The molecule has 2 aromatic carbocycles. The summed E-state index contributed by atoms with van der Waals surface area (Å²) in [5.41, 5.74) is 1.52. The molecule has 0 aromatic heterocycles. The normalized spacial score (nSPS) is 9.91. The average molecular weight is 335 g/mol. The van der Waals surface area contributed by atoms with Crippen LogP contribution in [0.3, 0.4) is 0 Å². The molecule has 0 aliphatic carbocycles. The van der Waals surface area contributed by atoms with E-state index in [1.165, 1.54) is 0 Å². The van der Waals surface area contributed by atoms with E-state index in [0.29, 0.717) is 27.0 Å². The lowest BCUT2D eigenvalue weighted by Gasteiger charge is -2.12. The van der Waals surface area contributed by atoms with Crippen LogP contribution in [0.25, 0.3) is 0 Å². The molecular weight excluding hydrogens is 323 g/mol. The van der Waals surface area contributed by atoms with E-state index in [1.807, 2.05) is 13.0 Å². The van der Waals surface area contributed by atoms with Crippen molar-refractivity contribution in [2.75, 3.05) is 11.9 Å². The van der Waals surface area contributed by atoms with Gasteiger partial charge in [0.1, 0.15) is 11.8 Å². The predicted molar refractivity (Wildman–Crippen MR) is 86.5 cm³/mol. The maximum absolute atomic E-state index is 12.0. The second kappa shape index (κ2) is 7.17. The standard InChI is InChI=1S/C16H12Cl2N2O2/c1-10-6-7-12(17)16(15(10)18)20-14(21)9-22-13-5-3-2-4-11(13)8-19/h2-7H,9H2,1H3,(H,20,21). The Labute approximate surface area is 138 Å². The Morgan fingerprint density at radius 3 is 2.73 bits per heavy atom. The van der Waals surface area contributed by atoms with Gasteiger partial charge in [0, 0.05) is 0 Å². The SMILES string of the molecule is Cc1ccc(Cl)c(NC(=O)COc2ccccc2C#N)c1Cl. The van der Waals surface area contributed by atoms with E-state index >= 15 is 0 Å². The van der Waals surface area contributed by atoms with Gasteiger partial charge in [0.25, 0.3) is 5.91 Å². The lowest BCUT2D eigenvalue weighted by molar-refractivity contribution is -0.118. The molecule has 4 nitrogen and oxygen atoms in total. The summed E-state index contributed by atoms with van der Waals surface area (Å²) < 4.78 is 5.35. The van der Waals surface area contributed by atoms with E-state index in [-0.39, 0.29) is 6.61 Å². The molecule has 0 fully saturated rings. The Morgan fingerprint density at radius 2 is 2.00 bits per heavy atom. The summed E-state index contributed by atoms with van der Waals surface area (Å²) in [5.74, 6) is -0.0660. The molecule has 0 radical (unpaired) electrons. The maximum atomic E-state index is 12.0. The van der Waals surface area contributed by atoms with Crippen molar-refractivity contribution in [2.45, 2.75) is 6.92 Å². The zero-order valence-electron chi connectivity index (χ0n) is 11.7. The molecule has 2 rings (SSSR count). The van der Waals surface area contributed by atoms with Gasteiger partial charge in [-0.15, -0.1) is 0 Å². The van der Waals surface area contributed by atoms with Crippen molar-refractivity contribution in [1.29, 1.82) is 5.26 Å². The van der Waals surface area contributed by atoms with Crippen LogP contribution in [-0.2, 0) is 4.79 Å². The van der Waals surface area contributed by atoms with Crippen molar-refractivity contribution in [3.05, 3.63) is 57.6 Å². The largest absolute Gasteiger partial charge is 0.482 e. The van der Waals surface area contributed by atoms with Crippen LogP contribution in [0.4, 0.5) is 5.69 Å². The van der Waals surface area contributed by atoms with E-state index in [2.05, 4.69) is 5.32 Å². The van der Waals surface area contributed by atoms with Crippen LogP contribution >= 0.6 is 23.2 Å². The summed E-state index contributed by atoms with van der Waals surface area (Å²) in [5, 5.41) is 12.3. The summed E-state index contributed by atoms with van der Waals surface area (Å²) in [6.07, 6.45) is 0. The summed E-state index contributed by atoms with van der Waals surface area (Å²) in [6.45, 7) is 1.56. The summed E-state index contributed by atoms with van der Waals surface area (Å²) >= 11 is 12.2. The number of ether oxygens (including phenoxy) is 1. The third-order valence-electron chi connectivity index (χ3n) is 2.91. The van der Waals surface area contributed by atoms with E-state index in [9.17, 15) is 4.79 Å². The quantitative estimate of drug-likeness (QED) is 0.911. The van der Waals surface area contributed by atoms with Gasteiger partial charge in [-0.1, -0.05) is 41.4 Å². The number of rotatable bonds is 4. The van der Waals surface area contributed by atoms with Crippen LogP contribution in [-0.4, -0.2) is 12.5 Å². The third-order valence-corrected chi connectivity index (χ3v) is 3.72. The van der Waals surface area contributed by atoms with Crippen molar-refractivity contribution in [2.24, 2.45) is 0 Å². The van der Waals surface area contributed by atoms with Crippen LogP contribution in [0.2, 0.25) is 10.0 Å². The molecule has 0 bridgehead atoms. The zero-order valence-corrected chi connectivity index (χ0v) is 13.2. The zero-order chi connectivity index (χ0) is 16.1. The van der Waals surface area contributed by atoms with E-state index in [0.717, 1.165) is 5.56 Å². The molecule has 22 heavy (non-hydrogen) atoms. The minimum atomic E-state index is -0.415. The van der Waals surface area contributed by atoms with Crippen molar-refractivity contribution in [3.8, 4) is 11.8 Å². The molecular formula is C16H12Cl2N2O2. The molecule has 0 aliphatic rings. The van der Waals surface area contributed by atoms with Crippen LogP contribution in [0.1, 0.15) is 11.1 Å². The Balaban J connectivity index is 2.06. The molecule has 0 saturated carbocycles. The number of nitriles is 1. The first-order valence-electron chi connectivity index (χ1n) is 6.39. The highest BCUT2D eigenvalue weighted by atomic mass is 35.5. The van der Waals surface area contributed by atoms with Gasteiger partial charge in [0.15, 0.2) is 6.61 Å². The highest BCUT2D eigenvalue weighted by Gasteiger charge is 2.13. The fourth-order valence-electron chi connectivity index (χ4n) is 1.77. The lowest BCUT2D eigenvalue weighted by atomic mass is 10.2. The number of hydrogen-bond donors (Lipinski definition) is 1. The third kappa shape index (κ3) is 3.70. The highest BCUT2D eigenvalue weighted by molar-refractivity contribution is 6.40. The number of para-hydroxylation sites is 1. The Morgan fingerprint density at radius 1 is 1.27 bits per heavy atom. The summed E-state index contributed by atoms with van der Waals surface area (Å²) in [4.78, 5) is 12.0. The number of amides is 1. The van der Waals surface area contributed by atoms with E-state index < -0.39 is 5.91 Å². The molecule has 0 aliphatic heterocycles. The Kier molecular flexibility index (Phi) is 5.26. The molecule has 2 aromatic rings. The van der Waals surface area contributed by atoms with Crippen LogP contribution in [0.5, 0.6) is 5.75 Å². The predicted octanol–water partition coefficient (Wildman–Crippen LogP) is 4.19. The number of hydrogen-bond acceptors (Lipinski definition) is 3. The molecule has 1 N–H and O–H groups in total.